The number of H-pyrrole nitrogens is 1. The lowest BCUT2D eigenvalue weighted by Crippen LogP contribution is -1.91. The summed E-state index contributed by atoms with van der Waals surface area (Å²) in [7, 11) is 0. The van der Waals surface area contributed by atoms with Crippen LogP contribution in [-0.4, -0.2) is 15.1 Å². The fourth-order valence-corrected chi connectivity index (χ4v) is 3.89. The lowest BCUT2D eigenvalue weighted by atomic mass is 9.94. The molecule has 4 aromatic rings. The van der Waals surface area contributed by atoms with Crippen molar-refractivity contribution in [2.24, 2.45) is 0 Å². The van der Waals surface area contributed by atoms with Crippen LogP contribution in [0, 0.1) is 13.8 Å². The highest BCUT2D eigenvalue weighted by Gasteiger charge is 2.28. The zero-order chi connectivity index (χ0) is 21.4. The molecule has 4 nitrogen and oxygen atoms in total. The molecule has 1 aliphatic rings. The average molecular weight is 420 g/mol. The van der Waals surface area contributed by atoms with Gasteiger partial charge in [-0.3, -0.25) is 0 Å². The third-order valence-electron chi connectivity index (χ3n) is 5.41. The van der Waals surface area contributed by atoms with Crippen molar-refractivity contribution in [1.29, 1.82) is 0 Å². The fourth-order valence-electron chi connectivity index (χ4n) is 3.76. The highest BCUT2D eigenvalue weighted by molar-refractivity contribution is 6.30. The van der Waals surface area contributed by atoms with Gasteiger partial charge < -0.3 is 9.51 Å². The Bertz CT molecular complexity index is 1190. The number of halogens is 1. The molecule has 0 aliphatic heterocycles. The summed E-state index contributed by atoms with van der Waals surface area (Å²) in [5.74, 6) is 2.42. The highest BCUT2D eigenvalue weighted by Crippen LogP contribution is 2.41. The number of rotatable bonds is 4. The molecule has 5 rings (SSSR count). The van der Waals surface area contributed by atoms with E-state index in [4.69, 9.17) is 21.1 Å². The van der Waals surface area contributed by atoms with E-state index in [1.54, 1.807) is 0 Å². The van der Waals surface area contributed by atoms with Crippen LogP contribution in [0.1, 0.15) is 61.0 Å². The van der Waals surface area contributed by atoms with Crippen LogP contribution < -0.4 is 0 Å². The fraction of sp³-hybridized carbons (Fsp3) is 0.280. The Morgan fingerprint density at radius 1 is 1.13 bits per heavy atom. The molecule has 30 heavy (non-hydrogen) atoms. The van der Waals surface area contributed by atoms with Crippen molar-refractivity contribution in [1.82, 2.24) is 15.1 Å². The number of hydrogen-bond donors (Lipinski definition) is 1. The van der Waals surface area contributed by atoms with E-state index in [1.807, 2.05) is 52.0 Å². The van der Waals surface area contributed by atoms with Gasteiger partial charge in [-0.15, -0.1) is 0 Å². The summed E-state index contributed by atoms with van der Waals surface area (Å²) in [6.07, 6.45) is 2.40. The summed E-state index contributed by atoms with van der Waals surface area (Å²) in [5, 5.41) is 4.83. The largest absolute Gasteiger partial charge is 0.361 e. The van der Waals surface area contributed by atoms with Crippen molar-refractivity contribution < 1.29 is 4.52 Å². The molecule has 0 atom stereocenters. The predicted octanol–water partition coefficient (Wildman–Crippen LogP) is 7.45. The molecule has 0 amide bonds. The number of nitrogens with zero attached hydrogens (tertiary/aromatic N) is 2. The quantitative estimate of drug-likeness (QED) is 0.373. The van der Waals surface area contributed by atoms with Crippen LogP contribution in [0.3, 0.4) is 0 Å². The van der Waals surface area contributed by atoms with Crippen molar-refractivity contribution >= 4 is 28.2 Å². The molecule has 5 heteroatoms. The zero-order valence-corrected chi connectivity index (χ0v) is 18.6. The molecule has 1 fully saturated rings. The number of fused-ring (bicyclic) bond motifs is 1. The Morgan fingerprint density at radius 3 is 2.43 bits per heavy atom. The Hall–Kier alpha value is -2.85. The van der Waals surface area contributed by atoms with Gasteiger partial charge in [0.25, 0.3) is 0 Å². The number of aromatic amines is 1. The van der Waals surface area contributed by atoms with Crippen LogP contribution in [0.15, 0.2) is 47.5 Å². The van der Waals surface area contributed by atoms with Crippen molar-refractivity contribution in [3.63, 3.8) is 0 Å². The molecule has 1 aliphatic carbocycles. The van der Waals surface area contributed by atoms with Gasteiger partial charge in [-0.25, -0.2) is 4.98 Å². The lowest BCUT2D eigenvalue weighted by Gasteiger charge is -2.10. The number of hydrogen-bond acceptors (Lipinski definition) is 3. The van der Waals surface area contributed by atoms with Gasteiger partial charge >= 0.3 is 0 Å². The van der Waals surface area contributed by atoms with Crippen molar-refractivity contribution in [2.45, 2.75) is 46.5 Å². The molecule has 2 heterocycles. The molecule has 0 spiro atoms. The van der Waals surface area contributed by atoms with E-state index in [0.29, 0.717) is 10.9 Å². The third-order valence-corrected chi connectivity index (χ3v) is 5.66. The zero-order valence-electron chi connectivity index (χ0n) is 17.8. The molecule has 2 aromatic carbocycles. The SMILES string of the molecule is C=C(c1ccc(Cl)cc1)c1cc(-c2c(C)noc2C)cc2[nH]c(C3CC3)nc12.CC. The maximum Gasteiger partial charge on any atom is 0.141 e. The summed E-state index contributed by atoms with van der Waals surface area (Å²) in [5.41, 5.74) is 7.89. The Labute approximate surface area is 182 Å². The van der Waals surface area contributed by atoms with Crippen LogP contribution in [-0.2, 0) is 0 Å². The van der Waals surface area contributed by atoms with Crippen molar-refractivity contribution in [3.8, 4) is 11.1 Å². The number of aromatic nitrogens is 3. The standard InChI is InChI=1S/C23H20ClN3O.C2H6/c1-12(15-6-8-18(24)9-7-15)19-10-17(21-13(2)27-28-14(21)3)11-20-22(19)26-23(25-20)16-4-5-16;1-2/h6-11,16H,1,4-5H2,2-3H3,(H,25,26);1-2H3. The van der Waals surface area contributed by atoms with Gasteiger partial charge in [0.05, 0.1) is 16.7 Å². The molecule has 1 N–H and O–H groups in total. The van der Waals surface area contributed by atoms with Crippen LogP contribution >= 0.6 is 11.6 Å². The summed E-state index contributed by atoms with van der Waals surface area (Å²) in [6, 6.07) is 12.0. The third kappa shape index (κ3) is 3.68. The molecule has 154 valence electrons. The topological polar surface area (TPSA) is 54.7 Å². The monoisotopic (exact) mass is 419 g/mol. The van der Waals surface area contributed by atoms with E-state index >= 15 is 0 Å². The first kappa shape index (κ1) is 20.4. The van der Waals surface area contributed by atoms with E-state index in [1.165, 1.54) is 12.8 Å². The van der Waals surface area contributed by atoms with Crippen molar-refractivity contribution in [2.75, 3.05) is 0 Å². The lowest BCUT2D eigenvalue weighted by molar-refractivity contribution is 0.393. The maximum absolute atomic E-state index is 6.07. The van der Waals surface area contributed by atoms with E-state index in [9.17, 15) is 0 Å². The molecule has 1 saturated carbocycles. The van der Waals surface area contributed by atoms with Crippen LogP contribution in [0.25, 0.3) is 27.7 Å². The summed E-state index contributed by atoms with van der Waals surface area (Å²) in [4.78, 5) is 8.45. The number of nitrogens with one attached hydrogen (secondary N) is 1. The summed E-state index contributed by atoms with van der Waals surface area (Å²) < 4.78 is 5.40. The van der Waals surface area contributed by atoms with Crippen LogP contribution in [0.4, 0.5) is 0 Å². The molecular weight excluding hydrogens is 394 g/mol. The van der Waals surface area contributed by atoms with E-state index in [2.05, 4.69) is 28.9 Å². The van der Waals surface area contributed by atoms with Gasteiger partial charge in [0.2, 0.25) is 0 Å². The minimum Gasteiger partial charge on any atom is -0.361 e. The minimum atomic E-state index is 0.548. The van der Waals surface area contributed by atoms with Gasteiger partial charge in [-0.2, -0.15) is 0 Å². The van der Waals surface area contributed by atoms with Gasteiger partial charge in [0.1, 0.15) is 11.6 Å². The van der Waals surface area contributed by atoms with E-state index in [0.717, 1.165) is 56.1 Å². The van der Waals surface area contributed by atoms with Gasteiger partial charge in [0, 0.05) is 22.1 Å². The molecule has 0 saturated heterocycles. The van der Waals surface area contributed by atoms with E-state index < -0.39 is 0 Å². The summed E-state index contributed by atoms with van der Waals surface area (Å²) in [6.45, 7) is 12.3. The predicted molar refractivity (Wildman–Crippen MR) is 124 cm³/mol. The smallest absolute Gasteiger partial charge is 0.141 e. The molecule has 0 radical (unpaired) electrons. The Morgan fingerprint density at radius 2 is 1.83 bits per heavy atom. The molecule has 2 aromatic heterocycles. The normalized spacial score (nSPS) is 13.2. The second-order valence-electron chi connectivity index (χ2n) is 7.50. The number of aryl methyl sites for hydroxylation is 2. The average Bonchev–Trinajstić information content (AvgIpc) is 3.43. The van der Waals surface area contributed by atoms with E-state index in [-0.39, 0.29) is 0 Å². The van der Waals surface area contributed by atoms with Crippen molar-refractivity contribution in [3.05, 3.63) is 76.4 Å². The van der Waals surface area contributed by atoms with Crippen LogP contribution in [0.2, 0.25) is 5.02 Å². The second kappa shape index (κ2) is 8.11. The molecule has 0 unspecified atom stereocenters. The highest BCUT2D eigenvalue weighted by atomic mass is 35.5. The number of imidazole rings is 1. The maximum atomic E-state index is 6.07. The summed E-state index contributed by atoms with van der Waals surface area (Å²) >= 11 is 6.07. The first-order chi connectivity index (χ1) is 14.5. The molecular formula is C25H26ClN3O. The van der Waals surface area contributed by atoms with Crippen LogP contribution in [0.5, 0.6) is 0 Å². The van der Waals surface area contributed by atoms with Gasteiger partial charge in [0.15, 0.2) is 0 Å². The number of benzene rings is 2. The second-order valence-corrected chi connectivity index (χ2v) is 7.94. The Balaban J connectivity index is 0.00000106. The van der Waals surface area contributed by atoms with Gasteiger partial charge in [-0.05, 0) is 67.7 Å². The molecule has 0 bridgehead atoms. The Kier molecular flexibility index (Phi) is 5.52. The van der Waals surface area contributed by atoms with Gasteiger partial charge in [-0.1, -0.05) is 49.3 Å². The first-order valence-electron chi connectivity index (χ1n) is 10.4. The minimum absolute atomic E-state index is 0.548. The first-order valence-corrected chi connectivity index (χ1v) is 10.8.